The summed E-state index contributed by atoms with van der Waals surface area (Å²) in [6.07, 6.45) is -15.0. The van der Waals surface area contributed by atoms with Gasteiger partial charge in [-0.15, -0.1) is 0 Å². The lowest BCUT2D eigenvalue weighted by atomic mass is 9.33. The average Bonchev–Trinajstić information content (AvgIpc) is 3.23. The van der Waals surface area contributed by atoms with Gasteiger partial charge >= 0.3 is 11.9 Å². The Balaban J connectivity index is 1.09. The van der Waals surface area contributed by atoms with E-state index in [9.17, 15) is 60.7 Å². The largest absolute Gasteiger partial charge is 0.481 e. The Morgan fingerprint density at radius 3 is 2.02 bits per heavy atom. The monoisotopic (exact) mass is 926 g/mol. The zero-order chi connectivity index (χ0) is 47.6. The smallest absolute Gasteiger partial charge is 0.335 e. The molecule has 3 heterocycles. The SMILES string of the molecule is CC1(C)CC[C@]2(C(=O)O)CC[C@]3(C)C(=CC[C@@H]4[C@@]5(C)CC[C@H](O[C@@H]6O[C@H](CO)[C@@H](O)[C@H](O[C@@H]7O[C@H](C(=O)O)[C@@H](O)[C@H](O)[C@H]7O)[C@H]6O[C@@H]6OC[C@@H](O)[C@H](O)[C@H]6O)C(C)(C)[C@@H]5CC[C@]43C)[C@@H]2C1. The van der Waals surface area contributed by atoms with Crippen LogP contribution in [0.25, 0.3) is 0 Å². The number of aliphatic carboxylic acids is 2. The van der Waals surface area contributed by atoms with Crippen molar-refractivity contribution in [2.75, 3.05) is 13.2 Å². The number of fused-ring (bicyclic) bond motifs is 7. The first-order valence-electron chi connectivity index (χ1n) is 23.7. The highest BCUT2D eigenvalue weighted by atomic mass is 16.8. The molecule has 18 nitrogen and oxygen atoms in total. The third-order valence-corrected chi connectivity index (χ3v) is 18.9. The molecule has 5 aliphatic carbocycles. The molecular weight excluding hydrogens is 852 g/mol. The molecule has 4 saturated carbocycles. The fraction of sp³-hybridized carbons (Fsp3) is 0.915. The molecule has 22 atom stereocenters. The number of carbonyl (C=O) groups is 2. The summed E-state index contributed by atoms with van der Waals surface area (Å²) in [5, 5.41) is 106. The van der Waals surface area contributed by atoms with Gasteiger partial charge in [-0.3, -0.25) is 4.79 Å². The first-order valence-corrected chi connectivity index (χ1v) is 23.7. The first kappa shape index (κ1) is 49.5. The van der Waals surface area contributed by atoms with E-state index >= 15 is 0 Å². The van der Waals surface area contributed by atoms with Crippen molar-refractivity contribution >= 4 is 11.9 Å². The topological polar surface area (TPSA) is 292 Å². The van der Waals surface area contributed by atoms with Crippen molar-refractivity contribution < 1.29 is 89.1 Å². The van der Waals surface area contributed by atoms with Gasteiger partial charge in [-0.2, -0.15) is 0 Å². The molecule has 0 amide bonds. The minimum absolute atomic E-state index is 0.0113. The fourth-order valence-corrected chi connectivity index (χ4v) is 14.8. The van der Waals surface area contributed by atoms with Gasteiger partial charge in [0.1, 0.15) is 61.0 Å². The van der Waals surface area contributed by atoms with E-state index in [0.29, 0.717) is 19.3 Å². The summed E-state index contributed by atoms with van der Waals surface area (Å²) < 4.78 is 36.4. The van der Waals surface area contributed by atoms with E-state index in [4.69, 9.17) is 28.4 Å². The summed E-state index contributed by atoms with van der Waals surface area (Å²) in [5.74, 6) is -1.94. The second-order valence-electron chi connectivity index (χ2n) is 23.1. The normalized spacial score (nSPS) is 52.8. The molecule has 0 aromatic heterocycles. The molecule has 0 radical (unpaired) electrons. The molecule has 3 saturated heterocycles. The maximum atomic E-state index is 13.2. The standard InChI is InChI=1S/C47H74O18/c1-42(2)14-16-47(41(58)59)17-15-45(6)21(22(47)18-42)8-9-26-44(5)12-11-27(43(3,4)25(44)10-13-46(26,45)7)62-40-36(65-38-32(54)28(50)23(49)20-60-38)34(29(51)24(19-48)61-40)63-39-33(55)30(52)31(53)35(64-39)37(56)57/h8,22-36,38-40,48-55H,9-20H2,1-7H3,(H,56,57)(H,58,59)/t22-,23+,24+,25-,26+,27-,28-,29+,30-,31-,32+,33+,34-,35-,36+,38-,39+,40-,44-,45+,46+,47-/m0/s1. The van der Waals surface area contributed by atoms with Crippen molar-refractivity contribution in [1.29, 1.82) is 0 Å². The molecule has 10 N–H and O–H groups in total. The highest BCUT2D eigenvalue weighted by Crippen LogP contribution is 2.76. The first-order chi connectivity index (χ1) is 30.3. The van der Waals surface area contributed by atoms with Crippen molar-refractivity contribution in [3.63, 3.8) is 0 Å². The van der Waals surface area contributed by atoms with E-state index in [-0.39, 0.29) is 39.4 Å². The fourth-order valence-electron chi connectivity index (χ4n) is 14.8. The highest BCUT2D eigenvalue weighted by Gasteiger charge is 2.70. The summed E-state index contributed by atoms with van der Waals surface area (Å²) in [7, 11) is 0. The van der Waals surface area contributed by atoms with Crippen LogP contribution in [-0.4, -0.2) is 168 Å². The lowest BCUT2D eigenvalue weighted by molar-refractivity contribution is -0.393. The second kappa shape index (κ2) is 17.2. The van der Waals surface area contributed by atoms with Gasteiger partial charge in [0.05, 0.1) is 24.7 Å². The van der Waals surface area contributed by atoms with Crippen molar-refractivity contribution in [2.45, 2.75) is 205 Å². The van der Waals surface area contributed by atoms with E-state index in [1.165, 1.54) is 5.57 Å². The van der Waals surface area contributed by atoms with Gasteiger partial charge in [0, 0.05) is 0 Å². The predicted molar refractivity (Wildman–Crippen MR) is 225 cm³/mol. The van der Waals surface area contributed by atoms with Crippen LogP contribution >= 0.6 is 0 Å². The van der Waals surface area contributed by atoms with Crippen molar-refractivity contribution in [3.05, 3.63) is 11.6 Å². The Morgan fingerprint density at radius 1 is 0.692 bits per heavy atom. The van der Waals surface area contributed by atoms with E-state index in [0.717, 1.165) is 44.9 Å². The Labute approximate surface area is 380 Å². The summed E-state index contributed by atoms with van der Waals surface area (Å²) >= 11 is 0. The van der Waals surface area contributed by atoms with Gasteiger partial charge in [0.25, 0.3) is 0 Å². The number of hydrogen-bond acceptors (Lipinski definition) is 16. The molecule has 0 aromatic rings. The maximum absolute atomic E-state index is 13.2. The zero-order valence-corrected chi connectivity index (χ0v) is 38.7. The lowest BCUT2D eigenvalue weighted by Gasteiger charge is -2.71. The maximum Gasteiger partial charge on any atom is 0.335 e. The van der Waals surface area contributed by atoms with Crippen LogP contribution in [-0.2, 0) is 38.0 Å². The van der Waals surface area contributed by atoms with Gasteiger partial charge in [-0.05, 0) is 109 Å². The quantitative estimate of drug-likeness (QED) is 0.116. The number of carboxylic acid groups (broad SMARTS) is 2. The predicted octanol–water partition coefficient (Wildman–Crippen LogP) is 1.44. The third-order valence-electron chi connectivity index (χ3n) is 18.9. The molecule has 8 aliphatic rings. The molecule has 18 heteroatoms. The van der Waals surface area contributed by atoms with Crippen molar-refractivity contribution in [3.8, 4) is 0 Å². The van der Waals surface area contributed by atoms with E-state index in [1.54, 1.807) is 0 Å². The van der Waals surface area contributed by atoms with Crippen LogP contribution in [0.1, 0.15) is 113 Å². The van der Waals surface area contributed by atoms with Gasteiger partial charge < -0.3 is 79.5 Å². The van der Waals surface area contributed by atoms with Crippen molar-refractivity contribution in [2.24, 2.45) is 50.2 Å². The highest BCUT2D eigenvalue weighted by molar-refractivity contribution is 5.76. The molecule has 7 fully saturated rings. The number of ether oxygens (including phenoxy) is 6. The minimum atomic E-state index is -2.05. The van der Waals surface area contributed by atoms with Gasteiger partial charge in [0.2, 0.25) is 0 Å². The lowest BCUT2D eigenvalue weighted by Crippen LogP contribution is -2.68. The van der Waals surface area contributed by atoms with Crippen LogP contribution in [0.3, 0.4) is 0 Å². The number of allylic oxidation sites excluding steroid dienone is 2. The molecule has 0 unspecified atom stereocenters. The van der Waals surface area contributed by atoms with E-state index < -0.39 is 128 Å². The molecule has 370 valence electrons. The number of aliphatic hydroxyl groups is 8. The Kier molecular flexibility index (Phi) is 13.1. The number of aliphatic hydroxyl groups excluding tert-OH is 8. The molecular formula is C47H74O18. The molecule has 3 aliphatic heterocycles. The van der Waals surface area contributed by atoms with E-state index in [2.05, 4.69) is 54.5 Å². The summed E-state index contributed by atoms with van der Waals surface area (Å²) in [4.78, 5) is 25.1. The summed E-state index contributed by atoms with van der Waals surface area (Å²) in [6, 6.07) is 0. The average molecular weight is 927 g/mol. The van der Waals surface area contributed by atoms with Crippen LogP contribution in [0.15, 0.2) is 11.6 Å². The molecule has 0 spiro atoms. The minimum Gasteiger partial charge on any atom is -0.481 e. The van der Waals surface area contributed by atoms with Crippen LogP contribution < -0.4 is 0 Å². The zero-order valence-electron chi connectivity index (χ0n) is 38.7. The Bertz CT molecular complexity index is 1830. The van der Waals surface area contributed by atoms with Crippen LogP contribution in [0.5, 0.6) is 0 Å². The molecule has 65 heavy (non-hydrogen) atoms. The number of carboxylic acids is 2. The molecule has 8 rings (SSSR count). The molecule has 0 aromatic carbocycles. The summed E-state index contributed by atoms with van der Waals surface area (Å²) in [6.45, 7) is 14.9. The summed E-state index contributed by atoms with van der Waals surface area (Å²) in [5.41, 5.74) is -0.330. The van der Waals surface area contributed by atoms with Gasteiger partial charge in [-0.1, -0.05) is 60.1 Å². The number of hydrogen-bond donors (Lipinski definition) is 10. The van der Waals surface area contributed by atoms with Gasteiger partial charge in [-0.25, -0.2) is 4.79 Å². The van der Waals surface area contributed by atoms with Crippen LogP contribution in [0.2, 0.25) is 0 Å². The van der Waals surface area contributed by atoms with Crippen molar-refractivity contribution in [1.82, 2.24) is 0 Å². The second-order valence-corrected chi connectivity index (χ2v) is 23.1. The van der Waals surface area contributed by atoms with Gasteiger partial charge in [0.15, 0.2) is 25.0 Å². The Morgan fingerprint density at radius 2 is 1.35 bits per heavy atom. The van der Waals surface area contributed by atoms with E-state index in [1.807, 2.05) is 0 Å². The molecule has 0 bridgehead atoms. The third kappa shape index (κ3) is 7.76. The number of rotatable bonds is 9. The Hall–Kier alpha value is -1.88. The van der Waals surface area contributed by atoms with Crippen LogP contribution in [0.4, 0.5) is 0 Å². The van der Waals surface area contributed by atoms with Crippen LogP contribution in [0, 0.1) is 50.2 Å².